The molecule has 0 saturated carbocycles. The Labute approximate surface area is 176 Å². The fourth-order valence-corrected chi connectivity index (χ4v) is 4.52. The van der Waals surface area contributed by atoms with Gasteiger partial charge >= 0.3 is 6.03 Å². The summed E-state index contributed by atoms with van der Waals surface area (Å²) < 4.78 is 5.85. The van der Waals surface area contributed by atoms with Crippen LogP contribution in [0, 0.1) is 0 Å². The van der Waals surface area contributed by atoms with Gasteiger partial charge < -0.3 is 15.4 Å². The van der Waals surface area contributed by atoms with Crippen LogP contribution in [0.15, 0.2) is 30.3 Å². The highest BCUT2D eigenvalue weighted by Gasteiger charge is 2.33. The smallest absolute Gasteiger partial charge is 0.314 e. The van der Waals surface area contributed by atoms with Crippen LogP contribution in [0.3, 0.4) is 0 Å². The van der Waals surface area contributed by atoms with E-state index in [0.717, 1.165) is 26.2 Å². The first-order valence-corrected chi connectivity index (χ1v) is 11.1. The number of carbonyl (C=O) groups is 1. The molecule has 2 saturated heterocycles. The molecule has 0 spiro atoms. The molecular weight excluding hydrogens is 364 g/mol. The normalized spacial score (nSPS) is 25.0. The second-order valence-corrected chi connectivity index (χ2v) is 9.21. The highest BCUT2D eigenvalue weighted by molar-refractivity contribution is 5.74. The van der Waals surface area contributed by atoms with Crippen molar-refractivity contribution in [1.29, 1.82) is 0 Å². The lowest BCUT2D eigenvalue weighted by Crippen LogP contribution is -2.59. The number of likely N-dealkylation sites (tertiary alicyclic amines) is 1. The third-order valence-electron chi connectivity index (χ3n) is 6.18. The predicted octanol–water partition coefficient (Wildman–Crippen LogP) is 3.01. The molecule has 6 nitrogen and oxygen atoms in total. The van der Waals surface area contributed by atoms with Crippen molar-refractivity contribution in [3.05, 3.63) is 35.9 Å². The van der Waals surface area contributed by atoms with Crippen molar-refractivity contribution in [2.45, 2.75) is 64.3 Å². The molecule has 0 aliphatic carbocycles. The molecular formula is C23H38N4O2. The summed E-state index contributed by atoms with van der Waals surface area (Å²) in [5.74, 6) is 0. The van der Waals surface area contributed by atoms with Crippen LogP contribution >= 0.6 is 0 Å². The van der Waals surface area contributed by atoms with Gasteiger partial charge in [0.25, 0.3) is 0 Å². The van der Waals surface area contributed by atoms with Crippen LogP contribution in [0.2, 0.25) is 0 Å². The van der Waals surface area contributed by atoms with Crippen molar-refractivity contribution in [1.82, 2.24) is 20.4 Å². The van der Waals surface area contributed by atoms with Crippen LogP contribution in [-0.4, -0.2) is 72.8 Å². The van der Waals surface area contributed by atoms with E-state index in [1.165, 1.54) is 18.4 Å². The Bertz CT molecular complexity index is 636. The van der Waals surface area contributed by atoms with E-state index in [2.05, 4.69) is 72.4 Å². The predicted molar refractivity (Wildman–Crippen MR) is 117 cm³/mol. The van der Waals surface area contributed by atoms with E-state index < -0.39 is 0 Å². The Morgan fingerprint density at radius 2 is 1.72 bits per heavy atom. The number of ether oxygens (including phenoxy) is 1. The van der Waals surface area contributed by atoms with E-state index in [4.69, 9.17) is 4.74 Å². The molecule has 0 radical (unpaired) electrons. The molecule has 2 amide bonds. The molecule has 3 unspecified atom stereocenters. The molecule has 3 rings (SSSR count). The van der Waals surface area contributed by atoms with Crippen molar-refractivity contribution < 1.29 is 9.53 Å². The van der Waals surface area contributed by atoms with E-state index in [1.54, 1.807) is 0 Å². The topological polar surface area (TPSA) is 56.8 Å². The number of nitrogens with one attached hydrogen (secondary N) is 2. The van der Waals surface area contributed by atoms with Crippen molar-refractivity contribution in [3.63, 3.8) is 0 Å². The number of carbonyl (C=O) groups excluding carboxylic acids is 1. The number of urea groups is 1. The van der Waals surface area contributed by atoms with Crippen LogP contribution in [0.25, 0.3) is 0 Å². The summed E-state index contributed by atoms with van der Waals surface area (Å²) in [4.78, 5) is 17.5. The summed E-state index contributed by atoms with van der Waals surface area (Å²) >= 11 is 0. The molecule has 1 aromatic rings. The van der Waals surface area contributed by atoms with Crippen molar-refractivity contribution in [2.75, 3.05) is 39.3 Å². The molecule has 3 atom stereocenters. The van der Waals surface area contributed by atoms with Gasteiger partial charge in [0.15, 0.2) is 0 Å². The van der Waals surface area contributed by atoms with E-state index >= 15 is 0 Å². The van der Waals surface area contributed by atoms with E-state index in [0.29, 0.717) is 13.1 Å². The SMILES string of the molecule is CC1CN(C(C)(C)CNC(=O)NCC(c2ccccc2)N2CCCC2)CC(C)O1. The summed E-state index contributed by atoms with van der Waals surface area (Å²) in [5, 5.41) is 6.21. The highest BCUT2D eigenvalue weighted by Crippen LogP contribution is 2.24. The minimum Gasteiger partial charge on any atom is -0.373 e. The fraction of sp³-hybridized carbons (Fsp3) is 0.696. The lowest BCUT2D eigenvalue weighted by molar-refractivity contribution is -0.0947. The van der Waals surface area contributed by atoms with Crippen molar-refractivity contribution in [3.8, 4) is 0 Å². The molecule has 0 bridgehead atoms. The number of morpholine rings is 1. The molecule has 162 valence electrons. The maximum absolute atomic E-state index is 12.6. The lowest BCUT2D eigenvalue weighted by Gasteiger charge is -2.45. The summed E-state index contributed by atoms with van der Waals surface area (Å²) in [7, 11) is 0. The first-order valence-electron chi connectivity index (χ1n) is 11.1. The zero-order valence-electron chi connectivity index (χ0n) is 18.5. The van der Waals surface area contributed by atoms with Gasteiger partial charge in [-0.25, -0.2) is 4.79 Å². The Hall–Kier alpha value is -1.63. The average Bonchev–Trinajstić information content (AvgIpc) is 3.21. The van der Waals surface area contributed by atoms with Crippen molar-refractivity contribution >= 4 is 6.03 Å². The van der Waals surface area contributed by atoms with Gasteiger partial charge in [0.05, 0.1) is 18.2 Å². The number of hydrogen-bond acceptors (Lipinski definition) is 4. The van der Waals surface area contributed by atoms with E-state index in [1.807, 2.05) is 6.07 Å². The first kappa shape index (κ1) is 22.1. The van der Waals surface area contributed by atoms with Gasteiger partial charge in [0, 0.05) is 31.7 Å². The van der Waals surface area contributed by atoms with Crippen LogP contribution in [0.1, 0.15) is 52.1 Å². The number of hydrogen-bond donors (Lipinski definition) is 2. The van der Waals surface area contributed by atoms with Gasteiger partial charge in [-0.2, -0.15) is 0 Å². The van der Waals surface area contributed by atoms with Crippen LogP contribution in [0.4, 0.5) is 4.79 Å². The molecule has 2 aliphatic rings. The molecule has 29 heavy (non-hydrogen) atoms. The second kappa shape index (κ2) is 9.92. The molecule has 2 N–H and O–H groups in total. The quantitative estimate of drug-likeness (QED) is 0.736. The van der Waals surface area contributed by atoms with Crippen LogP contribution in [-0.2, 0) is 4.74 Å². The van der Waals surface area contributed by atoms with Crippen LogP contribution in [0.5, 0.6) is 0 Å². The van der Waals surface area contributed by atoms with Gasteiger partial charge in [-0.1, -0.05) is 30.3 Å². The highest BCUT2D eigenvalue weighted by atomic mass is 16.5. The lowest BCUT2D eigenvalue weighted by atomic mass is 10.00. The van der Waals surface area contributed by atoms with E-state index in [9.17, 15) is 4.79 Å². The molecule has 2 aliphatic heterocycles. The maximum atomic E-state index is 12.6. The van der Waals surface area contributed by atoms with Gasteiger partial charge in [-0.05, 0) is 59.2 Å². The van der Waals surface area contributed by atoms with Crippen LogP contribution < -0.4 is 10.6 Å². The average molecular weight is 403 g/mol. The molecule has 2 fully saturated rings. The summed E-state index contributed by atoms with van der Waals surface area (Å²) in [6, 6.07) is 10.7. The first-order chi connectivity index (χ1) is 13.8. The third kappa shape index (κ3) is 6.17. The van der Waals surface area contributed by atoms with E-state index in [-0.39, 0.29) is 29.8 Å². The Kier molecular flexibility index (Phi) is 7.55. The fourth-order valence-electron chi connectivity index (χ4n) is 4.52. The number of benzene rings is 1. The number of rotatable bonds is 7. The molecule has 6 heteroatoms. The van der Waals surface area contributed by atoms with Crippen molar-refractivity contribution in [2.24, 2.45) is 0 Å². The number of nitrogens with zero attached hydrogens (tertiary/aromatic N) is 2. The standard InChI is InChI=1S/C23H38N4O2/c1-18-15-27(16-19(2)29-18)23(3,4)17-25-22(28)24-14-21(26-12-8-9-13-26)20-10-6-5-7-11-20/h5-7,10-11,18-19,21H,8-9,12-17H2,1-4H3,(H2,24,25,28). The monoisotopic (exact) mass is 402 g/mol. The second-order valence-electron chi connectivity index (χ2n) is 9.21. The third-order valence-corrected chi connectivity index (χ3v) is 6.18. The van der Waals surface area contributed by atoms with Gasteiger partial charge in [0.2, 0.25) is 0 Å². The largest absolute Gasteiger partial charge is 0.373 e. The molecule has 2 heterocycles. The maximum Gasteiger partial charge on any atom is 0.314 e. The molecule has 1 aromatic carbocycles. The number of amides is 2. The summed E-state index contributed by atoms with van der Waals surface area (Å²) in [6.45, 7) is 13.8. The zero-order valence-corrected chi connectivity index (χ0v) is 18.5. The minimum atomic E-state index is -0.114. The summed E-state index contributed by atoms with van der Waals surface area (Å²) in [6.07, 6.45) is 2.91. The Balaban J connectivity index is 1.51. The molecule has 0 aromatic heterocycles. The Morgan fingerprint density at radius 3 is 2.34 bits per heavy atom. The van der Waals surface area contributed by atoms with Gasteiger partial charge in [-0.15, -0.1) is 0 Å². The minimum absolute atomic E-state index is 0.0902. The Morgan fingerprint density at radius 1 is 1.10 bits per heavy atom. The zero-order chi connectivity index (χ0) is 20.9. The van der Waals surface area contributed by atoms with Gasteiger partial charge in [0.1, 0.15) is 0 Å². The summed E-state index contributed by atoms with van der Waals surface area (Å²) in [5.41, 5.74) is 1.16. The van der Waals surface area contributed by atoms with Gasteiger partial charge in [-0.3, -0.25) is 9.80 Å².